The Morgan fingerprint density at radius 1 is 0.857 bits per heavy atom. The number of halogens is 7. The summed E-state index contributed by atoms with van der Waals surface area (Å²) in [5.41, 5.74) is -1.63. The van der Waals surface area contributed by atoms with E-state index in [1.165, 1.54) is 12.1 Å². The van der Waals surface area contributed by atoms with Crippen LogP contribution in [-0.4, -0.2) is 4.98 Å². The van der Waals surface area contributed by atoms with E-state index in [-0.39, 0.29) is 14.8 Å². The Kier molecular flexibility index (Phi) is 4.18. The van der Waals surface area contributed by atoms with Gasteiger partial charge in [0.05, 0.1) is 16.8 Å². The van der Waals surface area contributed by atoms with Crippen molar-refractivity contribution in [2.75, 3.05) is 0 Å². The molecule has 0 aliphatic rings. The maximum Gasteiger partial charge on any atom is 0.417 e. The maximum atomic E-state index is 12.6. The highest BCUT2D eigenvalue weighted by Crippen LogP contribution is 2.35. The quantitative estimate of drug-likeness (QED) is 0.448. The molecule has 1 aromatic heterocycles. The Labute approximate surface area is 129 Å². The van der Waals surface area contributed by atoms with Gasteiger partial charge in [0.25, 0.3) is 0 Å². The molecule has 0 unspecified atom stereocenters. The van der Waals surface area contributed by atoms with E-state index in [0.717, 1.165) is 18.2 Å². The minimum Gasteiger partial charge on any atom is -0.255 e. The molecule has 8 heteroatoms. The average molecular weight is 417 g/mol. The Morgan fingerprint density at radius 2 is 1.48 bits per heavy atom. The summed E-state index contributed by atoms with van der Waals surface area (Å²) in [6.07, 6.45) is -8.45. The highest BCUT2D eigenvalue weighted by atomic mass is 127. The minimum absolute atomic E-state index is 0.0784. The lowest BCUT2D eigenvalue weighted by Crippen LogP contribution is -2.07. The van der Waals surface area contributed by atoms with Crippen molar-refractivity contribution in [2.24, 2.45) is 0 Å². The molecule has 0 spiro atoms. The van der Waals surface area contributed by atoms with E-state index in [2.05, 4.69) is 4.98 Å². The van der Waals surface area contributed by atoms with Crippen molar-refractivity contribution in [1.29, 1.82) is 0 Å². The fourth-order valence-corrected chi connectivity index (χ4v) is 2.43. The molecule has 21 heavy (non-hydrogen) atoms. The molecule has 2 aromatic rings. The predicted molar refractivity (Wildman–Crippen MR) is 72.4 cm³/mol. The highest BCUT2D eigenvalue weighted by molar-refractivity contribution is 14.1. The lowest BCUT2D eigenvalue weighted by Gasteiger charge is -2.11. The lowest BCUT2D eigenvalue weighted by atomic mass is 10.1. The zero-order valence-corrected chi connectivity index (χ0v) is 12.2. The summed E-state index contributed by atoms with van der Waals surface area (Å²) in [6.45, 7) is 0. The monoisotopic (exact) mass is 417 g/mol. The van der Waals surface area contributed by atoms with Gasteiger partial charge in [-0.2, -0.15) is 26.3 Å². The van der Waals surface area contributed by atoms with Crippen molar-refractivity contribution in [3.8, 4) is 11.3 Å². The van der Waals surface area contributed by atoms with Crippen LogP contribution in [0.3, 0.4) is 0 Å². The van der Waals surface area contributed by atoms with Crippen LogP contribution in [0.1, 0.15) is 11.1 Å². The molecular formula is C13H6F6IN. The van der Waals surface area contributed by atoms with Crippen molar-refractivity contribution in [3.63, 3.8) is 0 Å². The van der Waals surface area contributed by atoms with Gasteiger partial charge in [0, 0.05) is 15.3 Å². The van der Waals surface area contributed by atoms with Crippen LogP contribution in [0.4, 0.5) is 26.3 Å². The Hall–Kier alpha value is -1.32. The third-order valence-corrected chi connectivity index (χ3v) is 3.45. The van der Waals surface area contributed by atoms with Gasteiger partial charge in [-0.3, -0.25) is 4.98 Å². The zero-order chi connectivity index (χ0) is 15.8. The van der Waals surface area contributed by atoms with Gasteiger partial charge in [0.1, 0.15) is 0 Å². The molecule has 1 aromatic carbocycles. The van der Waals surface area contributed by atoms with Crippen LogP contribution in [-0.2, 0) is 12.4 Å². The van der Waals surface area contributed by atoms with Gasteiger partial charge in [-0.1, -0.05) is 12.1 Å². The van der Waals surface area contributed by atoms with Crippen LogP contribution >= 0.6 is 22.6 Å². The molecule has 0 N–H and O–H groups in total. The number of hydrogen-bond acceptors (Lipinski definition) is 1. The second-order valence-electron chi connectivity index (χ2n) is 4.13. The Balaban J connectivity index is 2.48. The first-order valence-electron chi connectivity index (χ1n) is 5.49. The standard InChI is InChI=1S/C13H6F6IN/c14-12(15,16)8-3-1-2-7(4-8)11-10(20)5-9(6-21-11)13(17,18)19/h1-6H. The topological polar surface area (TPSA) is 12.9 Å². The molecule has 0 saturated carbocycles. The van der Waals surface area contributed by atoms with E-state index < -0.39 is 23.5 Å². The number of hydrogen-bond donors (Lipinski definition) is 0. The van der Waals surface area contributed by atoms with Crippen LogP contribution in [0.2, 0.25) is 0 Å². The third kappa shape index (κ3) is 3.66. The van der Waals surface area contributed by atoms with E-state index in [0.29, 0.717) is 6.20 Å². The molecule has 2 rings (SSSR count). The molecule has 1 nitrogen and oxygen atoms in total. The number of aromatic nitrogens is 1. The molecule has 0 atom stereocenters. The molecule has 0 bridgehead atoms. The Morgan fingerprint density at radius 3 is 2.00 bits per heavy atom. The first-order valence-corrected chi connectivity index (χ1v) is 6.57. The van der Waals surface area contributed by atoms with Crippen LogP contribution in [0.15, 0.2) is 36.5 Å². The lowest BCUT2D eigenvalue weighted by molar-refractivity contribution is -0.138. The van der Waals surface area contributed by atoms with Gasteiger partial charge in [0.15, 0.2) is 0 Å². The van der Waals surface area contributed by atoms with Gasteiger partial charge in [-0.05, 0) is 40.8 Å². The summed E-state index contributed by atoms with van der Waals surface area (Å²) in [5, 5.41) is 0. The normalized spacial score (nSPS) is 12.5. The van der Waals surface area contributed by atoms with E-state index >= 15 is 0 Å². The zero-order valence-electron chi connectivity index (χ0n) is 10.1. The van der Waals surface area contributed by atoms with E-state index in [4.69, 9.17) is 0 Å². The van der Waals surface area contributed by atoms with E-state index in [1.807, 2.05) is 0 Å². The summed E-state index contributed by atoms with van der Waals surface area (Å²) in [7, 11) is 0. The predicted octanol–water partition coefficient (Wildman–Crippen LogP) is 5.39. The number of pyridine rings is 1. The van der Waals surface area contributed by atoms with Crippen LogP contribution in [0, 0.1) is 3.57 Å². The Bertz CT molecular complexity index is 662. The fraction of sp³-hybridized carbons (Fsp3) is 0.154. The van der Waals surface area contributed by atoms with Gasteiger partial charge >= 0.3 is 12.4 Å². The first kappa shape index (κ1) is 16.1. The second-order valence-corrected chi connectivity index (χ2v) is 5.29. The third-order valence-electron chi connectivity index (χ3n) is 2.63. The van der Waals surface area contributed by atoms with Crippen LogP contribution < -0.4 is 0 Å². The number of alkyl halides is 6. The maximum absolute atomic E-state index is 12.6. The van der Waals surface area contributed by atoms with Crippen molar-refractivity contribution < 1.29 is 26.3 Å². The largest absolute Gasteiger partial charge is 0.417 e. The first-order chi connectivity index (χ1) is 9.59. The molecule has 0 amide bonds. The van der Waals surface area contributed by atoms with E-state index in [9.17, 15) is 26.3 Å². The van der Waals surface area contributed by atoms with Crippen molar-refractivity contribution in [3.05, 3.63) is 51.2 Å². The average Bonchev–Trinajstić information content (AvgIpc) is 2.36. The molecule has 0 fully saturated rings. The fourth-order valence-electron chi connectivity index (χ4n) is 1.65. The molecule has 0 aliphatic carbocycles. The minimum atomic E-state index is -4.54. The van der Waals surface area contributed by atoms with Gasteiger partial charge in [-0.25, -0.2) is 0 Å². The molecule has 1 heterocycles. The van der Waals surface area contributed by atoms with Gasteiger partial charge in [0.2, 0.25) is 0 Å². The summed E-state index contributed by atoms with van der Waals surface area (Å²) >= 11 is 1.62. The molecule has 0 aliphatic heterocycles. The second kappa shape index (κ2) is 5.47. The summed E-state index contributed by atoms with van der Waals surface area (Å²) in [6, 6.07) is 5.15. The smallest absolute Gasteiger partial charge is 0.255 e. The summed E-state index contributed by atoms with van der Waals surface area (Å²) in [4.78, 5) is 3.64. The van der Waals surface area contributed by atoms with Crippen molar-refractivity contribution in [2.45, 2.75) is 12.4 Å². The summed E-state index contributed by atoms with van der Waals surface area (Å²) in [5.74, 6) is 0. The van der Waals surface area contributed by atoms with Crippen molar-refractivity contribution >= 4 is 22.6 Å². The van der Waals surface area contributed by atoms with Gasteiger partial charge in [-0.15, -0.1) is 0 Å². The summed E-state index contributed by atoms with van der Waals surface area (Å²) < 4.78 is 75.6. The van der Waals surface area contributed by atoms with Gasteiger partial charge < -0.3 is 0 Å². The molecule has 0 saturated heterocycles. The van der Waals surface area contributed by atoms with Crippen molar-refractivity contribution in [1.82, 2.24) is 4.98 Å². The van der Waals surface area contributed by atoms with Crippen LogP contribution in [0.25, 0.3) is 11.3 Å². The SMILES string of the molecule is FC(F)(F)c1cccc(-c2ncc(C(F)(F)F)cc2I)c1. The van der Waals surface area contributed by atoms with E-state index in [1.54, 1.807) is 22.6 Å². The molecule has 112 valence electrons. The number of benzene rings is 1. The number of nitrogens with zero attached hydrogens (tertiary/aromatic N) is 1. The number of rotatable bonds is 1. The molecular weight excluding hydrogens is 411 g/mol. The molecule has 0 radical (unpaired) electrons. The highest BCUT2D eigenvalue weighted by Gasteiger charge is 2.32. The van der Waals surface area contributed by atoms with Crippen LogP contribution in [0.5, 0.6) is 0 Å².